The highest BCUT2D eigenvalue weighted by atomic mass is 16.7. The third kappa shape index (κ3) is 4.73. The van der Waals surface area contributed by atoms with Crippen LogP contribution in [0.25, 0.3) is 0 Å². The number of nitrogens with zero attached hydrogens (tertiary/aromatic N) is 2. The molecule has 0 amide bonds. The van der Waals surface area contributed by atoms with Gasteiger partial charge < -0.3 is 19.5 Å². The molecule has 1 saturated heterocycles. The summed E-state index contributed by atoms with van der Waals surface area (Å²) in [7, 11) is 0. The summed E-state index contributed by atoms with van der Waals surface area (Å²) in [5, 5.41) is 13.1. The molecule has 1 aromatic carbocycles. The molecule has 156 valence electrons. The average molecular weight is 390 g/mol. The molecule has 1 unspecified atom stereocenters. The van der Waals surface area contributed by atoms with Crippen LogP contribution in [0.15, 0.2) is 18.2 Å². The number of aliphatic hydroxyl groups excluding tert-OH is 1. The first kappa shape index (κ1) is 19.8. The van der Waals surface area contributed by atoms with E-state index in [2.05, 4.69) is 27.2 Å². The van der Waals surface area contributed by atoms with Crippen LogP contribution in [-0.4, -0.2) is 61.8 Å². The van der Waals surface area contributed by atoms with Crippen molar-refractivity contribution in [3.05, 3.63) is 18.2 Å². The van der Waals surface area contributed by atoms with Crippen LogP contribution in [0.4, 0.5) is 5.69 Å². The van der Waals surface area contributed by atoms with Crippen LogP contribution in [0.3, 0.4) is 0 Å². The highest BCUT2D eigenvalue weighted by Crippen LogP contribution is 2.41. The zero-order chi connectivity index (χ0) is 19.3. The topological polar surface area (TPSA) is 57.2 Å². The van der Waals surface area contributed by atoms with Gasteiger partial charge in [-0.05, 0) is 63.1 Å². The van der Waals surface area contributed by atoms with E-state index in [1.54, 1.807) is 0 Å². The molecule has 1 aromatic rings. The Bertz CT molecular complexity index is 625. The van der Waals surface area contributed by atoms with Gasteiger partial charge in [-0.2, -0.15) is 0 Å². The molecule has 0 spiro atoms. The molecule has 2 aliphatic heterocycles. The minimum Gasteiger partial charge on any atom is -0.454 e. The van der Waals surface area contributed by atoms with Crippen molar-refractivity contribution in [2.75, 3.05) is 44.4 Å². The first-order valence-corrected chi connectivity index (χ1v) is 11.0. The summed E-state index contributed by atoms with van der Waals surface area (Å²) in [6, 6.07) is 6.69. The molecule has 0 aromatic heterocycles. The van der Waals surface area contributed by atoms with Gasteiger partial charge in [0.25, 0.3) is 0 Å². The van der Waals surface area contributed by atoms with Crippen molar-refractivity contribution in [2.24, 2.45) is 5.92 Å². The quantitative estimate of drug-likeness (QED) is 0.700. The van der Waals surface area contributed by atoms with Gasteiger partial charge in [-0.3, -0.25) is 10.2 Å². The number of rotatable bonds is 7. The SMILES string of the molecule is CCC(O)NC1CCC(CCN2CCN(c3cccc4c3OCO4)CC2)CC1. The Kier molecular flexibility index (Phi) is 6.60. The monoisotopic (exact) mass is 389 g/mol. The van der Waals surface area contributed by atoms with Crippen LogP contribution in [0.1, 0.15) is 45.4 Å². The summed E-state index contributed by atoms with van der Waals surface area (Å²) in [4.78, 5) is 5.04. The molecule has 0 bridgehead atoms. The largest absolute Gasteiger partial charge is 0.454 e. The molecule has 1 aliphatic carbocycles. The van der Waals surface area contributed by atoms with Gasteiger partial charge in [0.05, 0.1) is 5.69 Å². The lowest BCUT2D eigenvalue weighted by atomic mass is 9.84. The number of hydrogen-bond acceptors (Lipinski definition) is 6. The molecular formula is C22H35N3O3. The fourth-order valence-electron chi connectivity index (χ4n) is 4.75. The van der Waals surface area contributed by atoms with Crippen molar-refractivity contribution in [3.63, 3.8) is 0 Å². The lowest BCUT2D eigenvalue weighted by molar-refractivity contribution is 0.102. The minimum absolute atomic E-state index is 0.333. The van der Waals surface area contributed by atoms with Crippen molar-refractivity contribution in [3.8, 4) is 11.5 Å². The fraction of sp³-hybridized carbons (Fsp3) is 0.727. The Hall–Kier alpha value is -1.50. The standard InChI is InChI=1S/C22H35N3O3/c1-2-21(26)23-18-8-6-17(7-9-18)10-11-24-12-14-25(15-13-24)19-4-3-5-20-22(19)28-16-27-20/h3-5,17-18,21,23,26H,2,6-16H2,1H3. The second kappa shape index (κ2) is 9.33. The van der Waals surface area contributed by atoms with Gasteiger partial charge in [0.2, 0.25) is 6.79 Å². The summed E-state index contributed by atoms with van der Waals surface area (Å²) >= 11 is 0. The molecular weight excluding hydrogens is 354 g/mol. The summed E-state index contributed by atoms with van der Waals surface area (Å²) in [6.07, 6.45) is 6.76. The van der Waals surface area contributed by atoms with Crippen LogP contribution in [0, 0.1) is 5.92 Å². The van der Waals surface area contributed by atoms with Crippen molar-refractivity contribution >= 4 is 5.69 Å². The predicted molar refractivity (Wildman–Crippen MR) is 111 cm³/mol. The number of para-hydroxylation sites is 1. The normalized spacial score (nSPS) is 26.4. The molecule has 4 rings (SSSR count). The summed E-state index contributed by atoms with van der Waals surface area (Å²) < 4.78 is 11.2. The number of aliphatic hydroxyl groups is 1. The highest BCUT2D eigenvalue weighted by Gasteiger charge is 2.26. The second-order valence-corrected chi connectivity index (χ2v) is 8.44. The number of piperazine rings is 1. The van der Waals surface area contributed by atoms with Crippen LogP contribution < -0.4 is 19.7 Å². The molecule has 3 aliphatic rings. The van der Waals surface area contributed by atoms with E-state index in [0.29, 0.717) is 12.8 Å². The molecule has 1 saturated carbocycles. The zero-order valence-corrected chi connectivity index (χ0v) is 17.1. The van der Waals surface area contributed by atoms with Gasteiger partial charge in [-0.25, -0.2) is 0 Å². The third-order valence-electron chi connectivity index (χ3n) is 6.60. The molecule has 2 N–H and O–H groups in total. The minimum atomic E-state index is -0.333. The van der Waals surface area contributed by atoms with E-state index in [1.165, 1.54) is 44.3 Å². The maximum Gasteiger partial charge on any atom is 0.231 e. The van der Waals surface area contributed by atoms with Crippen molar-refractivity contribution < 1.29 is 14.6 Å². The van der Waals surface area contributed by atoms with E-state index in [9.17, 15) is 5.11 Å². The van der Waals surface area contributed by atoms with Gasteiger partial charge in [0.15, 0.2) is 11.5 Å². The Labute approximate surface area is 168 Å². The number of fused-ring (bicyclic) bond motifs is 1. The maximum absolute atomic E-state index is 9.77. The van der Waals surface area contributed by atoms with E-state index in [0.717, 1.165) is 50.0 Å². The van der Waals surface area contributed by atoms with Gasteiger partial charge >= 0.3 is 0 Å². The molecule has 28 heavy (non-hydrogen) atoms. The Morgan fingerprint density at radius 3 is 2.64 bits per heavy atom. The molecule has 2 heterocycles. The van der Waals surface area contributed by atoms with Crippen molar-refractivity contribution in [1.29, 1.82) is 0 Å². The molecule has 0 radical (unpaired) electrons. The van der Waals surface area contributed by atoms with Crippen LogP contribution in [0.2, 0.25) is 0 Å². The molecule has 2 fully saturated rings. The Balaban J connectivity index is 1.17. The van der Waals surface area contributed by atoms with Crippen molar-refractivity contribution in [1.82, 2.24) is 10.2 Å². The number of anilines is 1. The van der Waals surface area contributed by atoms with E-state index < -0.39 is 0 Å². The zero-order valence-electron chi connectivity index (χ0n) is 17.1. The van der Waals surface area contributed by atoms with Gasteiger partial charge in [-0.1, -0.05) is 13.0 Å². The summed E-state index contributed by atoms with van der Waals surface area (Å²) in [5.74, 6) is 2.63. The Morgan fingerprint density at radius 2 is 1.89 bits per heavy atom. The lowest BCUT2D eigenvalue weighted by Crippen LogP contribution is -2.47. The van der Waals surface area contributed by atoms with Crippen molar-refractivity contribution in [2.45, 2.75) is 57.7 Å². The molecule has 1 atom stereocenters. The summed E-state index contributed by atoms with van der Waals surface area (Å²) in [5.41, 5.74) is 1.18. The van der Waals surface area contributed by atoms with Crippen LogP contribution >= 0.6 is 0 Å². The van der Waals surface area contributed by atoms with E-state index in [1.807, 2.05) is 13.0 Å². The van der Waals surface area contributed by atoms with Crippen LogP contribution in [-0.2, 0) is 0 Å². The highest BCUT2D eigenvalue weighted by molar-refractivity contribution is 5.65. The van der Waals surface area contributed by atoms with Crippen LogP contribution in [0.5, 0.6) is 11.5 Å². The summed E-state index contributed by atoms with van der Waals surface area (Å²) in [6.45, 7) is 7.89. The number of hydrogen-bond donors (Lipinski definition) is 2. The van der Waals surface area contributed by atoms with E-state index in [-0.39, 0.29) is 6.23 Å². The third-order valence-corrected chi connectivity index (χ3v) is 6.60. The molecule has 6 nitrogen and oxygen atoms in total. The number of ether oxygens (including phenoxy) is 2. The first-order valence-electron chi connectivity index (χ1n) is 11.0. The first-order chi connectivity index (χ1) is 13.7. The number of nitrogens with one attached hydrogen (secondary N) is 1. The van der Waals surface area contributed by atoms with E-state index >= 15 is 0 Å². The maximum atomic E-state index is 9.77. The van der Waals surface area contributed by atoms with Gasteiger partial charge in [-0.15, -0.1) is 0 Å². The average Bonchev–Trinajstić information content (AvgIpc) is 3.22. The number of benzene rings is 1. The predicted octanol–water partition coefficient (Wildman–Crippen LogP) is 2.80. The molecule has 6 heteroatoms. The van der Waals surface area contributed by atoms with Gasteiger partial charge in [0.1, 0.15) is 6.23 Å². The smallest absolute Gasteiger partial charge is 0.231 e. The van der Waals surface area contributed by atoms with E-state index in [4.69, 9.17) is 9.47 Å². The second-order valence-electron chi connectivity index (χ2n) is 8.44. The Morgan fingerprint density at radius 1 is 1.11 bits per heavy atom. The van der Waals surface area contributed by atoms with Gasteiger partial charge in [0, 0.05) is 32.2 Å². The fourth-order valence-corrected chi connectivity index (χ4v) is 4.75. The lowest BCUT2D eigenvalue weighted by Gasteiger charge is -2.37.